The van der Waals surface area contributed by atoms with Gasteiger partial charge >= 0.3 is 0 Å². The fraction of sp³-hybridized carbons (Fsp3) is 0.385. The summed E-state index contributed by atoms with van der Waals surface area (Å²) in [4.78, 5) is 31.1. The van der Waals surface area contributed by atoms with Crippen molar-refractivity contribution in [2.75, 3.05) is 41.4 Å². The second-order valence-corrected chi connectivity index (χ2v) is 8.50. The van der Waals surface area contributed by atoms with Gasteiger partial charge in [0.25, 0.3) is 5.91 Å². The fourth-order valence-electron chi connectivity index (χ4n) is 4.53. The molecule has 0 saturated carbocycles. The molecule has 0 radical (unpaired) electrons. The van der Waals surface area contributed by atoms with Crippen molar-refractivity contribution < 1.29 is 18.7 Å². The average molecular weight is 451 g/mol. The summed E-state index contributed by atoms with van der Waals surface area (Å²) in [5.41, 5.74) is 2.34. The number of hydrogen-bond acceptors (Lipinski definition) is 6. The smallest absolute Gasteiger partial charge is 0.290 e. The second kappa shape index (κ2) is 9.27. The molecule has 1 aliphatic heterocycles. The Morgan fingerprint density at radius 2 is 1.88 bits per heavy atom. The highest BCUT2D eigenvalue weighted by Gasteiger charge is 2.44. The monoisotopic (exact) mass is 450 g/mol. The van der Waals surface area contributed by atoms with Crippen molar-refractivity contribution in [3.63, 3.8) is 0 Å². The summed E-state index contributed by atoms with van der Waals surface area (Å²) in [5.74, 6) is 0.876. The van der Waals surface area contributed by atoms with Gasteiger partial charge in [0.05, 0.1) is 31.2 Å². The lowest BCUT2D eigenvalue weighted by molar-refractivity contribution is 0.0720. The predicted octanol–water partition coefficient (Wildman–Crippen LogP) is 3.87. The van der Waals surface area contributed by atoms with Gasteiger partial charge in [-0.15, -0.1) is 0 Å². The molecule has 174 valence electrons. The van der Waals surface area contributed by atoms with Crippen LogP contribution in [0.2, 0.25) is 0 Å². The Morgan fingerprint density at radius 1 is 1.09 bits per heavy atom. The van der Waals surface area contributed by atoms with E-state index in [2.05, 4.69) is 4.90 Å². The van der Waals surface area contributed by atoms with Gasteiger partial charge < -0.3 is 23.7 Å². The van der Waals surface area contributed by atoms with Gasteiger partial charge in [-0.25, -0.2) is 0 Å². The first-order valence-corrected chi connectivity index (χ1v) is 11.2. The number of carbonyl (C=O) groups is 1. The zero-order valence-corrected chi connectivity index (χ0v) is 19.8. The van der Waals surface area contributed by atoms with Crippen LogP contribution in [-0.2, 0) is 6.42 Å². The molecule has 2 heterocycles. The molecule has 0 bridgehead atoms. The molecule has 3 aromatic rings. The molecule has 1 atom stereocenters. The number of carbonyl (C=O) groups excluding carboxylic acids is 1. The normalized spacial score (nSPS) is 15.4. The van der Waals surface area contributed by atoms with Crippen LogP contribution in [-0.4, -0.2) is 57.1 Å². The number of amides is 1. The standard InChI is InChI=1S/C26H30N2O5/c1-6-16-11-12-19-18(15-16)23(29)21-22(17-9-7-10-20(31-4)24(17)32-5)28(14-8-13-27(2)3)26(30)25(21)33-19/h7,9-12,15,22H,6,8,13-14H2,1-5H3. The van der Waals surface area contributed by atoms with Gasteiger partial charge in [-0.3, -0.25) is 9.59 Å². The third-order valence-electron chi connectivity index (χ3n) is 6.17. The molecule has 4 rings (SSSR count). The van der Waals surface area contributed by atoms with E-state index in [4.69, 9.17) is 13.9 Å². The first-order chi connectivity index (χ1) is 15.9. The summed E-state index contributed by atoms with van der Waals surface area (Å²) in [7, 11) is 7.11. The molecule has 0 fully saturated rings. The van der Waals surface area contributed by atoms with Gasteiger partial charge in [0, 0.05) is 12.1 Å². The van der Waals surface area contributed by atoms with E-state index in [0.29, 0.717) is 40.1 Å². The molecule has 0 N–H and O–H groups in total. The van der Waals surface area contributed by atoms with E-state index in [9.17, 15) is 9.59 Å². The maximum atomic E-state index is 13.8. The van der Waals surface area contributed by atoms with Gasteiger partial charge in [0.2, 0.25) is 5.76 Å². The summed E-state index contributed by atoms with van der Waals surface area (Å²) in [6, 6.07) is 10.5. The Hall–Kier alpha value is -3.32. The zero-order valence-electron chi connectivity index (χ0n) is 19.8. The lowest BCUT2D eigenvalue weighted by Gasteiger charge is -2.27. The molecule has 0 spiro atoms. The lowest BCUT2D eigenvalue weighted by Crippen LogP contribution is -2.32. The first kappa shape index (κ1) is 22.9. The van der Waals surface area contributed by atoms with Crippen LogP contribution < -0.4 is 14.9 Å². The third kappa shape index (κ3) is 3.97. The average Bonchev–Trinajstić information content (AvgIpc) is 3.09. The third-order valence-corrected chi connectivity index (χ3v) is 6.17. The maximum absolute atomic E-state index is 13.8. The van der Waals surface area contributed by atoms with Gasteiger partial charge in [0.15, 0.2) is 16.9 Å². The summed E-state index contributed by atoms with van der Waals surface area (Å²) < 4.78 is 17.2. The Bertz CT molecular complexity index is 1250. The Labute approximate surface area is 193 Å². The largest absolute Gasteiger partial charge is 0.493 e. The van der Waals surface area contributed by atoms with Crippen LogP contribution in [0, 0.1) is 0 Å². The van der Waals surface area contributed by atoms with Crippen molar-refractivity contribution in [1.82, 2.24) is 9.80 Å². The van der Waals surface area contributed by atoms with Crippen molar-refractivity contribution in [1.29, 1.82) is 0 Å². The molecule has 1 aliphatic rings. The molecule has 0 aliphatic carbocycles. The molecule has 1 unspecified atom stereocenters. The summed E-state index contributed by atoms with van der Waals surface area (Å²) in [6.45, 7) is 3.32. The van der Waals surface area contributed by atoms with Gasteiger partial charge in [-0.05, 0) is 57.2 Å². The van der Waals surface area contributed by atoms with Gasteiger partial charge in [0.1, 0.15) is 5.58 Å². The van der Waals surface area contributed by atoms with E-state index in [1.165, 1.54) is 0 Å². The van der Waals surface area contributed by atoms with Crippen LogP contribution in [0.4, 0.5) is 0 Å². The van der Waals surface area contributed by atoms with Crippen molar-refractivity contribution in [3.8, 4) is 11.5 Å². The van der Waals surface area contributed by atoms with Gasteiger partial charge in [-0.2, -0.15) is 0 Å². The molecule has 0 saturated heterocycles. The van der Waals surface area contributed by atoms with Crippen LogP contribution in [0.1, 0.15) is 46.6 Å². The Balaban J connectivity index is 1.95. The van der Waals surface area contributed by atoms with Crippen LogP contribution in [0.25, 0.3) is 11.0 Å². The summed E-state index contributed by atoms with van der Waals surface area (Å²) >= 11 is 0. The molecule has 2 aromatic carbocycles. The van der Waals surface area contributed by atoms with Crippen LogP contribution in [0.5, 0.6) is 11.5 Å². The SMILES string of the molecule is CCc1ccc2oc3c(c(=O)c2c1)C(c1cccc(OC)c1OC)N(CCCN(C)C)C3=O. The molecule has 1 amide bonds. The number of rotatable bonds is 8. The number of benzene rings is 2. The van der Waals surface area contributed by atoms with Gasteiger partial charge in [-0.1, -0.05) is 25.1 Å². The van der Waals surface area contributed by atoms with E-state index in [0.717, 1.165) is 24.9 Å². The number of nitrogens with zero attached hydrogens (tertiary/aromatic N) is 2. The van der Waals surface area contributed by atoms with Crippen molar-refractivity contribution in [2.24, 2.45) is 0 Å². The summed E-state index contributed by atoms with van der Waals surface area (Å²) in [5, 5.41) is 0.489. The van der Waals surface area contributed by atoms with E-state index >= 15 is 0 Å². The molecular weight excluding hydrogens is 420 g/mol. The zero-order chi connectivity index (χ0) is 23.7. The fourth-order valence-corrected chi connectivity index (χ4v) is 4.53. The minimum Gasteiger partial charge on any atom is -0.493 e. The van der Waals surface area contributed by atoms with Crippen LogP contribution in [0.3, 0.4) is 0 Å². The number of methoxy groups -OCH3 is 2. The maximum Gasteiger partial charge on any atom is 0.290 e. The number of hydrogen-bond donors (Lipinski definition) is 0. The molecule has 7 nitrogen and oxygen atoms in total. The lowest BCUT2D eigenvalue weighted by atomic mass is 9.96. The predicted molar refractivity (Wildman–Crippen MR) is 127 cm³/mol. The molecular formula is C26H30N2O5. The van der Waals surface area contributed by atoms with Crippen LogP contribution >= 0.6 is 0 Å². The Morgan fingerprint density at radius 3 is 2.55 bits per heavy atom. The quantitative estimate of drug-likeness (QED) is 0.519. The molecule has 1 aromatic heterocycles. The van der Waals surface area contributed by atoms with Crippen LogP contribution in [0.15, 0.2) is 45.6 Å². The van der Waals surface area contributed by atoms with E-state index in [1.807, 2.05) is 45.3 Å². The van der Waals surface area contributed by atoms with E-state index in [1.54, 1.807) is 31.3 Å². The highest BCUT2D eigenvalue weighted by atomic mass is 16.5. The van der Waals surface area contributed by atoms with Crippen molar-refractivity contribution >= 4 is 16.9 Å². The number of ether oxygens (including phenoxy) is 2. The highest BCUT2D eigenvalue weighted by Crippen LogP contribution is 2.44. The van der Waals surface area contributed by atoms with E-state index < -0.39 is 6.04 Å². The van der Waals surface area contributed by atoms with Crippen molar-refractivity contribution in [2.45, 2.75) is 25.8 Å². The molecule has 33 heavy (non-hydrogen) atoms. The van der Waals surface area contributed by atoms with E-state index in [-0.39, 0.29) is 17.1 Å². The number of fused-ring (bicyclic) bond motifs is 2. The Kier molecular flexibility index (Phi) is 6.42. The minimum absolute atomic E-state index is 0.108. The molecule has 7 heteroatoms. The number of aryl methyl sites for hydroxylation is 1. The van der Waals surface area contributed by atoms with Crippen molar-refractivity contribution in [3.05, 3.63) is 69.1 Å². The second-order valence-electron chi connectivity index (χ2n) is 8.50. The summed E-state index contributed by atoms with van der Waals surface area (Å²) in [6.07, 6.45) is 1.55. The first-order valence-electron chi connectivity index (χ1n) is 11.2. The number of para-hydroxylation sites is 1. The minimum atomic E-state index is -0.620. The topological polar surface area (TPSA) is 72.2 Å². The highest BCUT2D eigenvalue weighted by molar-refractivity contribution is 5.99.